The van der Waals surface area contributed by atoms with E-state index < -0.39 is 17.9 Å². The van der Waals surface area contributed by atoms with Gasteiger partial charge >= 0.3 is 0 Å². The number of methoxy groups -OCH3 is 1. The first-order chi connectivity index (χ1) is 15.0. The van der Waals surface area contributed by atoms with E-state index in [4.69, 9.17) is 11.5 Å². The van der Waals surface area contributed by atoms with Crippen LogP contribution < -0.4 is 22.1 Å². The topological polar surface area (TPSA) is 154 Å². The van der Waals surface area contributed by atoms with Gasteiger partial charge in [-0.25, -0.2) is 0 Å². The molecule has 32 heavy (non-hydrogen) atoms. The van der Waals surface area contributed by atoms with Gasteiger partial charge < -0.3 is 31.6 Å². The van der Waals surface area contributed by atoms with Crippen molar-refractivity contribution in [3.8, 4) is 0 Å². The zero-order valence-electron chi connectivity index (χ0n) is 20.3. The molecule has 0 saturated heterocycles. The molecule has 1 rings (SSSR count). The fourth-order valence-electron chi connectivity index (χ4n) is 2.14. The average molecular weight is 455 g/mol. The zero-order valence-corrected chi connectivity index (χ0v) is 20.3. The Hall–Kier alpha value is -2.78. The maximum Gasteiger partial charge on any atom is 0.239 e. The Kier molecular flexibility index (Phi) is 25.9. The van der Waals surface area contributed by atoms with Crippen molar-refractivity contribution < 1.29 is 23.9 Å². The minimum Gasteiger partial charge on any atom is -0.388 e. The Balaban J connectivity index is -0.000000410. The second-order valence-electron chi connectivity index (χ2n) is 7.48. The van der Waals surface area contributed by atoms with Crippen LogP contribution in [-0.2, 0) is 23.9 Å². The quantitative estimate of drug-likeness (QED) is 0.391. The molecule has 0 aliphatic carbocycles. The lowest BCUT2D eigenvalue weighted by atomic mass is 10.1. The number of carbonyl (C=O) groups is 4. The maximum atomic E-state index is 11.0. The highest BCUT2D eigenvalue weighted by Gasteiger charge is 2.11. The van der Waals surface area contributed by atoms with Gasteiger partial charge in [0, 0.05) is 26.7 Å². The Morgan fingerprint density at radius 3 is 1.91 bits per heavy atom. The molecule has 2 atom stereocenters. The number of hydrogen-bond acceptors (Lipinski definition) is 6. The van der Waals surface area contributed by atoms with Crippen LogP contribution >= 0.6 is 0 Å². The van der Waals surface area contributed by atoms with Crippen molar-refractivity contribution in [1.82, 2.24) is 10.6 Å². The van der Waals surface area contributed by atoms with Crippen LogP contribution in [0.4, 0.5) is 0 Å². The van der Waals surface area contributed by atoms with Gasteiger partial charge in [0.05, 0.1) is 12.6 Å². The summed E-state index contributed by atoms with van der Waals surface area (Å²) in [5, 5.41) is 4.46. The highest BCUT2D eigenvalue weighted by atomic mass is 16.4. The van der Waals surface area contributed by atoms with Crippen molar-refractivity contribution >= 4 is 24.5 Å². The summed E-state index contributed by atoms with van der Waals surface area (Å²) in [6, 6.07) is 9.89. The second kappa shape index (κ2) is 24.5. The summed E-state index contributed by atoms with van der Waals surface area (Å²) in [5.41, 5.74) is 11.7. The second-order valence-corrected chi connectivity index (χ2v) is 7.48. The highest BCUT2D eigenvalue weighted by Crippen LogP contribution is 2.00. The Morgan fingerprint density at radius 2 is 1.62 bits per heavy atom. The number of hydrogen-bond donors (Lipinski definition) is 4. The van der Waals surface area contributed by atoms with Crippen molar-refractivity contribution in [2.45, 2.75) is 59.0 Å². The molecule has 0 fully saturated rings. The normalized spacial score (nSPS) is 11.0. The summed E-state index contributed by atoms with van der Waals surface area (Å²) in [4.78, 5) is 41.7. The van der Waals surface area contributed by atoms with E-state index in [1.165, 1.54) is 5.56 Å². The number of rotatable bonds is 10. The number of aryl methyl sites for hydroxylation is 1. The van der Waals surface area contributed by atoms with Gasteiger partial charge in [-0.1, -0.05) is 49.7 Å². The molecule has 2 unspecified atom stereocenters. The van der Waals surface area contributed by atoms with E-state index in [1.54, 1.807) is 14.2 Å². The fourth-order valence-corrected chi connectivity index (χ4v) is 2.14. The summed E-state index contributed by atoms with van der Waals surface area (Å²) in [7, 11) is 3.25. The molecule has 0 aliphatic rings. The third kappa shape index (κ3) is 31.9. The van der Waals surface area contributed by atoms with E-state index in [-0.39, 0.29) is 19.4 Å². The van der Waals surface area contributed by atoms with Crippen LogP contribution in [-0.4, -0.2) is 57.4 Å². The predicted octanol–water partition coefficient (Wildman–Crippen LogP) is 1.32. The molecule has 0 spiro atoms. The van der Waals surface area contributed by atoms with Crippen molar-refractivity contribution in [2.75, 3.05) is 20.8 Å². The zero-order chi connectivity index (χ0) is 25.4. The summed E-state index contributed by atoms with van der Waals surface area (Å²) in [6.45, 7) is 8.29. The van der Waals surface area contributed by atoms with E-state index in [0.717, 1.165) is 12.3 Å². The number of nitrogens with two attached hydrogens (primary N) is 2. The first-order valence-corrected chi connectivity index (χ1v) is 10.4. The van der Waals surface area contributed by atoms with E-state index in [0.29, 0.717) is 18.7 Å². The van der Waals surface area contributed by atoms with Crippen LogP contribution in [0.25, 0.3) is 0 Å². The molecule has 0 saturated carbocycles. The van der Waals surface area contributed by atoms with Crippen molar-refractivity contribution in [1.29, 1.82) is 0 Å². The molecule has 0 aliphatic heterocycles. The maximum absolute atomic E-state index is 11.0. The summed E-state index contributed by atoms with van der Waals surface area (Å²) < 4.78 is 4.25. The molecule has 9 nitrogen and oxygen atoms in total. The lowest BCUT2D eigenvalue weighted by Gasteiger charge is -2.11. The van der Waals surface area contributed by atoms with Gasteiger partial charge in [-0.3, -0.25) is 14.4 Å². The number of primary amides is 1. The van der Waals surface area contributed by atoms with Crippen LogP contribution in [0.15, 0.2) is 30.3 Å². The molecular weight excluding hydrogens is 412 g/mol. The molecule has 0 heterocycles. The highest BCUT2D eigenvalue weighted by molar-refractivity contribution is 5.83. The van der Waals surface area contributed by atoms with Gasteiger partial charge in [0.1, 0.15) is 6.29 Å². The van der Waals surface area contributed by atoms with Gasteiger partial charge in [-0.2, -0.15) is 0 Å². The van der Waals surface area contributed by atoms with Crippen LogP contribution in [0, 0.1) is 12.8 Å². The third-order valence-electron chi connectivity index (χ3n) is 3.34. The van der Waals surface area contributed by atoms with Gasteiger partial charge in [0.25, 0.3) is 0 Å². The number of amides is 3. The Bertz CT molecular complexity index is 589. The number of benzene rings is 1. The number of ether oxygens (including phenoxy) is 1. The standard InChI is InChI=1S/C8H13N3O4.C7H8.C6H15N.C2H6O/c9-7(14)2-1-6(4-12)11-8(15)3-10-5-13;1-7-5-3-2-4-6-7;1-5(2)4-6(3)7;1-3-2/h4-6H,1-3H2,(H2,9,14)(H,10,13)(H,11,15);2-6H,1H3;5-6H,4,7H2,1-3H3;1-2H3. The van der Waals surface area contributed by atoms with Gasteiger partial charge in [0.2, 0.25) is 18.2 Å². The minimum absolute atomic E-state index is 0.0186. The van der Waals surface area contributed by atoms with Crippen molar-refractivity contribution in [2.24, 2.45) is 17.4 Å². The van der Waals surface area contributed by atoms with Crippen LogP contribution in [0.5, 0.6) is 0 Å². The third-order valence-corrected chi connectivity index (χ3v) is 3.34. The molecule has 6 N–H and O–H groups in total. The van der Waals surface area contributed by atoms with Gasteiger partial charge in [-0.05, 0) is 32.6 Å². The first-order valence-electron chi connectivity index (χ1n) is 10.4. The van der Waals surface area contributed by atoms with Crippen molar-refractivity contribution in [3.63, 3.8) is 0 Å². The summed E-state index contributed by atoms with van der Waals surface area (Å²) in [6.07, 6.45) is 2.21. The molecular formula is C23H42N4O5. The SMILES string of the molecule is CC(C)CC(C)N.COC.Cc1ccccc1.NC(=O)CCC(C=O)NC(=O)CNC=O. The number of carbonyl (C=O) groups excluding carboxylic acids is 4. The van der Waals surface area contributed by atoms with Crippen LogP contribution in [0.2, 0.25) is 0 Å². The Labute approximate surface area is 192 Å². The van der Waals surface area contributed by atoms with Gasteiger partial charge in [0.15, 0.2) is 0 Å². The van der Waals surface area contributed by atoms with E-state index in [1.807, 2.05) is 25.1 Å². The van der Waals surface area contributed by atoms with Crippen LogP contribution in [0.3, 0.4) is 0 Å². The van der Waals surface area contributed by atoms with Crippen molar-refractivity contribution in [3.05, 3.63) is 35.9 Å². The first kappa shape index (κ1) is 33.8. The van der Waals surface area contributed by atoms with E-state index in [2.05, 4.69) is 48.3 Å². The molecule has 1 aromatic carbocycles. The molecule has 0 radical (unpaired) electrons. The number of aldehydes is 1. The van der Waals surface area contributed by atoms with Gasteiger partial charge in [-0.15, -0.1) is 0 Å². The Morgan fingerprint density at radius 1 is 1.09 bits per heavy atom. The smallest absolute Gasteiger partial charge is 0.239 e. The number of nitrogens with one attached hydrogen (secondary N) is 2. The van der Waals surface area contributed by atoms with E-state index in [9.17, 15) is 19.2 Å². The lowest BCUT2D eigenvalue weighted by Crippen LogP contribution is -2.41. The minimum atomic E-state index is -0.751. The van der Waals surface area contributed by atoms with E-state index >= 15 is 0 Å². The largest absolute Gasteiger partial charge is 0.388 e. The molecule has 1 aromatic rings. The molecule has 3 amide bonds. The lowest BCUT2D eigenvalue weighted by molar-refractivity contribution is -0.125. The molecule has 0 bridgehead atoms. The van der Waals surface area contributed by atoms with Crippen LogP contribution in [0.1, 0.15) is 45.6 Å². The molecule has 9 heteroatoms. The average Bonchev–Trinajstić information content (AvgIpc) is 2.70. The fraction of sp³-hybridized carbons (Fsp3) is 0.565. The molecule has 0 aromatic heterocycles. The summed E-state index contributed by atoms with van der Waals surface area (Å²) >= 11 is 0. The monoisotopic (exact) mass is 454 g/mol. The summed E-state index contributed by atoms with van der Waals surface area (Å²) in [5.74, 6) is -0.286. The molecule has 184 valence electrons. The predicted molar refractivity (Wildman–Crippen MR) is 128 cm³/mol.